The molecule has 20 heavy (non-hydrogen) atoms. The summed E-state index contributed by atoms with van der Waals surface area (Å²) < 4.78 is 15.6. The Labute approximate surface area is 116 Å². The average Bonchev–Trinajstić information content (AvgIpc) is 2.77. The van der Waals surface area contributed by atoms with Crippen LogP contribution in [0.2, 0.25) is 0 Å². The highest BCUT2D eigenvalue weighted by Crippen LogP contribution is 2.30. The van der Waals surface area contributed by atoms with Gasteiger partial charge in [0.2, 0.25) is 5.76 Å². The highest BCUT2D eigenvalue weighted by Gasteiger charge is 2.16. The molecular formula is C14H16N2O4. The summed E-state index contributed by atoms with van der Waals surface area (Å²) in [6.45, 7) is 3.42. The molecule has 1 heterocycles. The summed E-state index contributed by atoms with van der Waals surface area (Å²) in [5.41, 5.74) is 1.14. The number of aromatic nitrogens is 1. The van der Waals surface area contributed by atoms with Gasteiger partial charge in [-0.2, -0.15) is 0 Å². The molecule has 0 unspecified atom stereocenters. The Balaban J connectivity index is 2.22. The minimum Gasteiger partial charge on any atom is -0.493 e. The van der Waals surface area contributed by atoms with Gasteiger partial charge >= 0.3 is 0 Å². The molecule has 6 nitrogen and oxygen atoms in total. The standard InChI is InChI=1S/C14H16N2O4/c1-8-13(20-9(2)15-8)14(17)16-10-5-6-11(18-3)12(7-10)19-4/h5-7H,1-4H3,(H,16,17). The summed E-state index contributed by atoms with van der Waals surface area (Å²) in [7, 11) is 3.09. The summed E-state index contributed by atoms with van der Waals surface area (Å²) in [4.78, 5) is 16.1. The van der Waals surface area contributed by atoms with E-state index in [-0.39, 0.29) is 11.7 Å². The van der Waals surface area contributed by atoms with Crippen LogP contribution in [0.4, 0.5) is 5.69 Å². The quantitative estimate of drug-likeness (QED) is 0.929. The van der Waals surface area contributed by atoms with E-state index in [0.717, 1.165) is 0 Å². The number of oxazole rings is 1. The highest BCUT2D eigenvalue weighted by atomic mass is 16.5. The molecule has 2 aromatic rings. The van der Waals surface area contributed by atoms with E-state index >= 15 is 0 Å². The molecule has 0 bridgehead atoms. The minimum absolute atomic E-state index is 0.206. The van der Waals surface area contributed by atoms with Crippen molar-refractivity contribution >= 4 is 11.6 Å². The van der Waals surface area contributed by atoms with Crippen LogP contribution in [-0.4, -0.2) is 25.1 Å². The van der Waals surface area contributed by atoms with Crippen molar-refractivity contribution in [3.63, 3.8) is 0 Å². The molecule has 0 saturated heterocycles. The Kier molecular flexibility index (Phi) is 3.93. The van der Waals surface area contributed by atoms with Crippen LogP contribution in [0.5, 0.6) is 11.5 Å². The number of carbonyl (C=O) groups excluding carboxylic acids is 1. The minimum atomic E-state index is -0.352. The van der Waals surface area contributed by atoms with Crippen LogP contribution >= 0.6 is 0 Å². The third-order valence-electron chi connectivity index (χ3n) is 2.75. The second-order valence-corrected chi connectivity index (χ2v) is 4.17. The van der Waals surface area contributed by atoms with Crippen LogP contribution in [-0.2, 0) is 0 Å². The molecule has 0 aliphatic rings. The maximum absolute atomic E-state index is 12.1. The third-order valence-corrected chi connectivity index (χ3v) is 2.75. The van der Waals surface area contributed by atoms with Crippen LogP contribution in [0, 0.1) is 13.8 Å². The van der Waals surface area contributed by atoms with E-state index < -0.39 is 0 Å². The van der Waals surface area contributed by atoms with E-state index in [2.05, 4.69) is 10.3 Å². The Morgan fingerprint density at radius 1 is 1.20 bits per heavy atom. The number of carbonyl (C=O) groups is 1. The molecule has 0 spiro atoms. The molecule has 106 valence electrons. The SMILES string of the molecule is COc1ccc(NC(=O)c2oc(C)nc2C)cc1OC. The fourth-order valence-electron chi connectivity index (χ4n) is 1.84. The van der Waals surface area contributed by atoms with Crippen molar-refractivity contribution < 1.29 is 18.7 Å². The van der Waals surface area contributed by atoms with Crippen molar-refractivity contribution in [3.8, 4) is 11.5 Å². The summed E-state index contributed by atoms with van der Waals surface area (Å²) in [5.74, 6) is 1.44. The van der Waals surface area contributed by atoms with Crippen molar-refractivity contribution in [2.75, 3.05) is 19.5 Å². The lowest BCUT2D eigenvalue weighted by molar-refractivity contribution is 0.0994. The second-order valence-electron chi connectivity index (χ2n) is 4.17. The molecule has 1 amide bonds. The number of hydrogen-bond donors (Lipinski definition) is 1. The lowest BCUT2D eigenvalue weighted by Gasteiger charge is -2.10. The largest absolute Gasteiger partial charge is 0.493 e. The zero-order valence-electron chi connectivity index (χ0n) is 11.8. The van der Waals surface area contributed by atoms with E-state index in [1.165, 1.54) is 7.11 Å². The van der Waals surface area contributed by atoms with Gasteiger partial charge in [0, 0.05) is 18.7 Å². The summed E-state index contributed by atoms with van der Waals surface area (Å²) >= 11 is 0. The molecule has 6 heteroatoms. The van der Waals surface area contributed by atoms with Gasteiger partial charge in [-0.1, -0.05) is 0 Å². The number of benzene rings is 1. The number of hydrogen-bond acceptors (Lipinski definition) is 5. The van der Waals surface area contributed by atoms with Gasteiger partial charge in [0.1, 0.15) is 0 Å². The molecule has 1 aromatic carbocycles. The van der Waals surface area contributed by atoms with E-state index in [1.54, 1.807) is 39.2 Å². The number of methoxy groups -OCH3 is 2. The first-order valence-electron chi connectivity index (χ1n) is 6.02. The van der Waals surface area contributed by atoms with Gasteiger partial charge in [-0.15, -0.1) is 0 Å². The van der Waals surface area contributed by atoms with Crippen LogP contribution in [0.3, 0.4) is 0 Å². The van der Waals surface area contributed by atoms with Crippen molar-refractivity contribution in [3.05, 3.63) is 35.5 Å². The number of anilines is 1. The lowest BCUT2D eigenvalue weighted by Crippen LogP contribution is -2.12. The summed E-state index contributed by atoms with van der Waals surface area (Å²) in [6.07, 6.45) is 0. The van der Waals surface area contributed by atoms with Crippen molar-refractivity contribution in [2.45, 2.75) is 13.8 Å². The molecule has 0 radical (unpaired) electrons. The van der Waals surface area contributed by atoms with Gasteiger partial charge in [0.05, 0.1) is 19.9 Å². The Morgan fingerprint density at radius 2 is 1.90 bits per heavy atom. The number of rotatable bonds is 4. The first-order valence-corrected chi connectivity index (χ1v) is 6.02. The molecule has 2 rings (SSSR count). The molecule has 1 aromatic heterocycles. The first-order chi connectivity index (χ1) is 9.55. The number of ether oxygens (including phenoxy) is 2. The van der Waals surface area contributed by atoms with E-state index in [1.807, 2.05) is 0 Å². The van der Waals surface area contributed by atoms with E-state index in [4.69, 9.17) is 13.9 Å². The van der Waals surface area contributed by atoms with E-state index in [9.17, 15) is 4.79 Å². The monoisotopic (exact) mass is 276 g/mol. The number of amides is 1. The molecule has 0 aliphatic heterocycles. The fourth-order valence-corrected chi connectivity index (χ4v) is 1.84. The van der Waals surface area contributed by atoms with Gasteiger partial charge in [0.25, 0.3) is 5.91 Å². The predicted octanol–water partition coefficient (Wildman–Crippen LogP) is 2.56. The Bertz CT molecular complexity index is 634. The zero-order valence-corrected chi connectivity index (χ0v) is 11.8. The van der Waals surface area contributed by atoms with Crippen LogP contribution in [0.25, 0.3) is 0 Å². The van der Waals surface area contributed by atoms with Crippen molar-refractivity contribution in [1.29, 1.82) is 0 Å². The third kappa shape index (κ3) is 2.74. The van der Waals surface area contributed by atoms with E-state index in [0.29, 0.717) is 28.8 Å². The molecule has 0 saturated carbocycles. The maximum atomic E-state index is 12.1. The molecular weight excluding hydrogens is 260 g/mol. The van der Waals surface area contributed by atoms with Gasteiger partial charge in [-0.25, -0.2) is 4.98 Å². The average molecular weight is 276 g/mol. The molecule has 0 atom stereocenters. The Morgan fingerprint density at radius 3 is 2.45 bits per heavy atom. The van der Waals surface area contributed by atoms with Gasteiger partial charge < -0.3 is 19.2 Å². The number of nitrogens with zero attached hydrogens (tertiary/aromatic N) is 1. The fraction of sp³-hybridized carbons (Fsp3) is 0.286. The smallest absolute Gasteiger partial charge is 0.293 e. The normalized spacial score (nSPS) is 10.2. The number of aryl methyl sites for hydroxylation is 2. The first kappa shape index (κ1) is 13.9. The molecule has 1 N–H and O–H groups in total. The van der Waals surface area contributed by atoms with Gasteiger partial charge in [0.15, 0.2) is 17.4 Å². The topological polar surface area (TPSA) is 73.6 Å². The molecule has 0 aliphatic carbocycles. The highest BCUT2D eigenvalue weighted by molar-refractivity contribution is 6.03. The second kappa shape index (κ2) is 5.64. The van der Waals surface area contributed by atoms with Crippen molar-refractivity contribution in [2.24, 2.45) is 0 Å². The number of nitrogens with one attached hydrogen (secondary N) is 1. The maximum Gasteiger partial charge on any atom is 0.293 e. The predicted molar refractivity (Wildman–Crippen MR) is 73.5 cm³/mol. The van der Waals surface area contributed by atoms with Gasteiger partial charge in [-0.05, 0) is 19.1 Å². The summed E-state index contributed by atoms with van der Waals surface area (Å²) in [5, 5.41) is 2.73. The van der Waals surface area contributed by atoms with Crippen LogP contribution < -0.4 is 14.8 Å². The Hall–Kier alpha value is -2.50. The lowest BCUT2D eigenvalue weighted by atomic mass is 10.2. The van der Waals surface area contributed by atoms with Crippen LogP contribution in [0.1, 0.15) is 22.1 Å². The molecule has 0 fully saturated rings. The van der Waals surface area contributed by atoms with Crippen LogP contribution in [0.15, 0.2) is 22.6 Å². The van der Waals surface area contributed by atoms with Gasteiger partial charge in [-0.3, -0.25) is 4.79 Å². The van der Waals surface area contributed by atoms with Crippen molar-refractivity contribution in [1.82, 2.24) is 4.98 Å². The summed E-state index contributed by atoms with van der Waals surface area (Å²) in [6, 6.07) is 5.11. The zero-order chi connectivity index (χ0) is 14.7.